The zero-order chi connectivity index (χ0) is 17.4. The molecular weight excluding hydrogens is 419 g/mol. The van der Waals surface area contributed by atoms with Crippen LogP contribution in [0, 0.1) is 3.57 Å². The van der Waals surface area contributed by atoms with E-state index in [0.29, 0.717) is 23.5 Å². The minimum atomic E-state index is -0.415. The maximum atomic E-state index is 12.3. The van der Waals surface area contributed by atoms with Crippen LogP contribution in [0.5, 0.6) is 5.75 Å². The van der Waals surface area contributed by atoms with Crippen molar-refractivity contribution in [1.82, 2.24) is 10.9 Å². The van der Waals surface area contributed by atoms with Crippen molar-refractivity contribution in [2.75, 3.05) is 6.61 Å². The number of rotatable bonds is 6. The molecule has 126 valence electrons. The fraction of sp³-hybridized carbons (Fsp3) is 0.222. The van der Waals surface area contributed by atoms with E-state index in [1.54, 1.807) is 30.3 Å². The molecule has 2 aromatic rings. The van der Waals surface area contributed by atoms with Crippen molar-refractivity contribution in [2.45, 2.75) is 19.8 Å². The van der Waals surface area contributed by atoms with Crippen molar-refractivity contribution < 1.29 is 14.3 Å². The molecule has 0 saturated carbocycles. The average molecular weight is 438 g/mol. The van der Waals surface area contributed by atoms with E-state index < -0.39 is 5.91 Å². The molecule has 0 aliphatic carbocycles. The number of unbranched alkanes of at least 4 members (excludes halogenated alkanes) is 1. The summed E-state index contributed by atoms with van der Waals surface area (Å²) in [5.74, 6) is -0.272. The summed E-state index contributed by atoms with van der Waals surface area (Å²) in [6.07, 6.45) is 1.93. The summed E-state index contributed by atoms with van der Waals surface area (Å²) in [5.41, 5.74) is 5.76. The topological polar surface area (TPSA) is 67.4 Å². The van der Waals surface area contributed by atoms with Crippen LogP contribution in [0.3, 0.4) is 0 Å². The molecule has 24 heavy (non-hydrogen) atoms. The van der Waals surface area contributed by atoms with Crippen molar-refractivity contribution in [3.8, 4) is 5.75 Å². The SMILES string of the molecule is CCCCOc1ccccc1C(=O)NNC(=O)c1ccccc1I. The molecule has 0 atom stereocenters. The van der Waals surface area contributed by atoms with Crippen LogP contribution in [0.2, 0.25) is 0 Å². The van der Waals surface area contributed by atoms with Gasteiger partial charge in [0.25, 0.3) is 11.8 Å². The van der Waals surface area contributed by atoms with Gasteiger partial charge in [-0.2, -0.15) is 0 Å². The molecular formula is C18H19IN2O3. The van der Waals surface area contributed by atoms with Gasteiger partial charge in [-0.25, -0.2) is 0 Å². The number of hydrogen-bond donors (Lipinski definition) is 2. The zero-order valence-corrected chi connectivity index (χ0v) is 15.5. The van der Waals surface area contributed by atoms with Crippen molar-refractivity contribution in [3.63, 3.8) is 0 Å². The van der Waals surface area contributed by atoms with Crippen LogP contribution in [0.25, 0.3) is 0 Å². The molecule has 2 amide bonds. The number of carbonyl (C=O) groups is 2. The van der Waals surface area contributed by atoms with Gasteiger partial charge in [0.2, 0.25) is 0 Å². The minimum Gasteiger partial charge on any atom is -0.493 e. The van der Waals surface area contributed by atoms with E-state index in [2.05, 4.69) is 40.4 Å². The highest BCUT2D eigenvalue weighted by atomic mass is 127. The van der Waals surface area contributed by atoms with Crippen LogP contribution < -0.4 is 15.6 Å². The number of hydrazine groups is 1. The molecule has 6 heteroatoms. The Morgan fingerprint density at radius 2 is 1.54 bits per heavy atom. The Balaban J connectivity index is 2.00. The monoisotopic (exact) mass is 438 g/mol. The normalized spacial score (nSPS) is 10.1. The highest BCUT2D eigenvalue weighted by Gasteiger charge is 2.14. The van der Waals surface area contributed by atoms with Gasteiger partial charge >= 0.3 is 0 Å². The Labute approximate surface area is 154 Å². The van der Waals surface area contributed by atoms with E-state index in [9.17, 15) is 9.59 Å². The minimum absolute atomic E-state index is 0.363. The molecule has 0 fully saturated rings. The molecule has 0 unspecified atom stereocenters. The largest absolute Gasteiger partial charge is 0.493 e. The number of ether oxygens (including phenoxy) is 1. The number of para-hydroxylation sites is 1. The molecule has 0 heterocycles. The third kappa shape index (κ3) is 4.95. The lowest BCUT2D eigenvalue weighted by molar-refractivity contribution is 0.0844. The van der Waals surface area contributed by atoms with Crippen LogP contribution in [0.15, 0.2) is 48.5 Å². The number of benzene rings is 2. The van der Waals surface area contributed by atoms with E-state index in [4.69, 9.17) is 4.74 Å². The van der Waals surface area contributed by atoms with Gasteiger partial charge in [-0.05, 0) is 53.3 Å². The smallest absolute Gasteiger partial charge is 0.273 e. The van der Waals surface area contributed by atoms with Gasteiger partial charge in [-0.1, -0.05) is 37.6 Å². The van der Waals surface area contributed by atoms with Gasteiger partial charge in [0.15, 0.2) is 0 Å². The second-order valence-electron chi connectivity index (χ2n) is 5.09. The fourth-order valence-electron chi connectivity index (χ4n) is 2.00. The van der Waals surface area contributed by atoms with Crippen LogP contribution in [-0.4, -0.2) is 18.4 Å². The highest BCUT2D eigenvalue weighted by Crippen LogP contribution is 2.18. The lowest BCUT2D eigenvalue weighted by atomic mass is 10.2. The number of carbonyl (C=O) groups excluding carboxylic acids is 2. The maximum absolute atomic E-state index is 12.3. The number of hydrogen-bond acceptors (Lipinski definition) is 3. The summed E-state index contributed by atoms with van der Waals surface area (Å²) in [4.78, 5) is 24.4. The third-order valence-electron chi connectivity index (χ3n) is 3.30. The standard InChI is InChI=1S/C18H19IN2O3/c1-2-3-12-24-16-11-7-5-9-14(16)18(23)21-20-17(22)13-8-4-6-10-15(13)19/h4-11H,2-3,12H2,1H3,(H,20,22)(H,21,23). The summed E-state index contributed by atoms with van der Waals surface area (Å²) < 4.78 is 6.44. The Hall–Kier alpha value is -2.09. The quantitative estimate of drug-likeness (QED) is 0.412. The first kappa shape index (κ1) is 18.3. The third-order valence-corrected chi connectivity index (χ3v) is 4.24. The number of nitrogens with one attached hydrogen (secondary N) is 2. The number of amides is 2. The summed E-state index contributed by atoms with van der Waals surface area (Å²) in [6.45, 7) is 2.62. The first-order valence-electron chi connectivity index (χ1n) is 7.70. The predicted molar refractivity (Wildman–Crippen MR) is 101 cm³/mol. The Morgan fingerprint density at radius 3 is 2.21 bits per heavy atom. The molecule has 2 aromatic carbocycles. The van der Waals surface area contributed by atoms with E-state index in [1.165, 1.54) is 0 Å². The van der Waals surface area contributed by atoms with Crippen LogP contribution >= 0.6 is 22.6 Å². The van der Waals surface area contributed by atoms with E-state index >= 15 is 0 Å². The summed E-state index contributed by atoms with van der Waals surface area (Å²) >= 11 is 2.07. The summed E-state index contributed by atoms with van der Waals surface area (Å²) in [7, 11) is 0. The summed E-state index contributed by atoms with van der Waals surface area (Å²) in [5, 5.41) is 0. The van der Waals surface area contributed by atoms with E-state index in [-0.39, 0.29) is 5.91 Å². The Morgan fingerprint density at radius 1 is 0.958 bits per heavy atom. The summed E-state index contributed by atoms with van der Waals surface area (Å²) in [6, 6.07) is 14.1. The number of halogens is 1. The van der Waals surface area contributed by atoms with Crippen molar-refractivity contribution >= 4 is 34.4 Å². The van der Waals surface area contributed by atoms with Crippen molar-refractivity contribution in [2.24, 2.45) is 0 Å². The molecule has 0 aromatic heterocycles. The van der Waals surface area contributed by atoms with Crippen LogP contribution in [0.4, 0.5) is 0 Å². The van der Waals surface area contributed by atoms with Crippen molar-refractivity contribution in [3.05, 3.63) is 63.2 Å². The fourth-order valence-corrected chi connectivity index (χ4v) is 2.63. The lowest BCUT2D eigenvalue weighted by Gasteiger charge is -2.12. The first-order valence-corrected chi connectivity index (χ1v) is 8.78. The molecule has 0 bridgehead atoms. The Kier molecular flexibility index (Phi) is 7.05. The van der Waals surface area contributed by atoms with Gasteiger partial charge in [-0.3, -0.25) is 20.4 Å². The average Bonchev–Trinajstić information content (AvgIpc) is 2.60. The molecule has 0 radical (unpaired) electrons. The van der Waals surface area contributed by atoms with Crippen molar-refractivity contribution in [1.29, 1.82) is 0 Å². The molecule has 0 saturated heterocycles. The van der Waals surface area contributed by atoms with E-state index in [0.717, 1.165) is 16.4 Å². The molecule has 2 N–H and O–H groups in total. The molecule has 0 spiro atoms. The molecule has 5 nitrogen and oxygen atoms in total. The molecule has 2 rings (SSSR count). The second-order valence-corrected chi connectivity index (χ2v) is 6.25. The zero-order valence-electron chi connectivity index (χ0n) is 13.3. The highest BCUT2D eigenvalue weighted by molar-refractivity contribution is 14.1. The Bertz CT molecular complexity index is 719. The van der Waals surface area contributed by atoms with Gasteiger partial charge < -0.3 is 4.74 Å². The molecule has 0 aliphatic heterocycles. The predicted octanol–water partition coefficient (Wildman–Crippen LogP) is 3.54. The van der Waals surface area contributed by atoms with Gasteiger partial charge in [0.05, 0.1) is 17.7 Å². The molecule has 0 aliphatic rings. The van der Waals surface area contributed by atoms with E-state index in [1.807, 2.05) is 18.2 Å². The first-order chi connectivity index (χ1) is 11.6. The van der Waals surface area contributed by atoms with Gasteiger partial charge in [0, 0.05) is 3.57 Å². The van der Waals surface area contributed by atoms with Crippen LogP contribution in [0.1, 0.15) is 40.5 Å². The second kappa shape index (κ2) is 9.27. The van der Waals surface area contributed by atoms with Gasteiger partial charge in [-0.15, -0.1) is 0 Å². The maximum Gasteiger partial charge on any atom is 0.273 e. The van der Waals surface area contributed by atoms with Crippen LogP contribution in [-0.2, 0) is 0 Å². The van der Waals surface area contributed by atoms with Gasteiger partial charge in [0.1, 0.15) is 5.75 Å². The lowest BCUT2D eigenvalue weighted by Crippen LogP contribution is -2.42.